The summed E-state index contributed by atoms with van der Waals surface area (Å²) >= 11 is 0. The van der Waals surface area contributed by atoms with Crippen molar-refractivity contribution in [2.24, 2.45) is 0 Å². The Labute approximate surface area is 102 Å². The molecule has 1 aliphatic rings. The lowest BCUT2D eigenvalue weighted by atomic mass is 10.3. The normalized spacial score (nSPS) is 16.9. The Morgan fingerprint density at radius 2 is 1.82 bits per heavy atom. The van der Waals surface area contributed by atoms with Crippen LogP contribution in [-0.4, -0.2) is 6.16 Å². The Hall–Kier alpha value is -1.53. The molecule has 1 aliphatic heterocycles. The number of nitrogens with two attached hydrogens (primary N) is 1. The van der Waals surface area contributed by atoms with Gasteiger partial charge in [-0.1, -0.05) is 31.2 Å². The molecule has 0 saturated carbocycles. The van der Waals surface area contributed by atoms with Crippen molar-refractivity contribution in [3.8, 4) is 11.5 Å². The Bertz CT molecular complexity index is 568. The van der Waals surface area contributed by atoms with Gasteiger partial charge >= 0.3 is 0 Å². The zero-order valence-corrected chi connectivity index (χ0v) is 10.6. The lowest BCUT2D eigenvalue weighted by Gasteiger charge is -2.28. The lowest BCUT2D eigenvalue weighted by molar-refractivity contribution is 0.488. The standard InChI is InChI=1S/C14H14NOP/c1-2-17-13-9-4-3-7-11(13)16-12-8-5-6-10(15)14(12)17/h3-9H,2,15H2,1H3. The number of fused-ring (bicyclic) bond motifs is 2. The van der Waals surface area contributed by atoms with E-state index in [4.69, 9.17) is 10.5 Å². The molecule has 86 valence electrons. The summed E-state index contributed by atoms with van der Waals surface area (Å²) < 4.78 is 5.93. The minimum Gasteiger partial charge on any atom is -0.456 e. The molecule has 2 N–H and O–H groups in total. The minimum absolute atomic E-state index is 0.372. The van der Waals surface area contributed by atoms with E-state index >= 15 is 0 Å². The fourth-order valence-electron chi connectivity index (χ4n) is 2.24. The molecule has 1 atom stereocenters. The predicted molar refractivity (Wildman–Crippen MR) is 74.1 cm³/mol. The number of para-hydroxylation sites is 1. The van der Waals surface area contributed by atoms with Gasteiger partial charge < -0.3 is 10.5 Å². The molecule has 0 fully saturated rings. The van der Waals surface area contributed by atoms with Gasteiger partial charge in [-0.15, -0.1) is 0 Å². The van der Waals surface area contributed by atoms with Gasteiger partial charge in [-0.05, 0) is 32.3 Å². The molecule has 2 aromatic rings. The van der Waals surface area contributed by atoms with Gasteiger partial charge in [0, 0.05) is 16.3 Å². The second kappa shape index (κ2) is 4.05. The monoisotopic (exact) mass is 243 g/mol. The van der Waals surface area contributed by atoms with Crippen molar-refractivity contribution >= 4 is 24.2 Å². The molecule has 1 unspecified atom stereocenters. The van der Waals surface area contributed by atoms with Crippen LogP contribution in [0.3, 0.4) is 0 Å². The molecule has 0 aromatic heterocycles. The Morgan fingerprint density at radius 1 is 1.06 bits per heavy atom. The summed E-state index contributed by atoms with van der Waals surface area (Å²) in [4.78, 5) is 0. The maximum Gasteiger partial charge on any atom is 0.137 e. The molecule has 0 amide bonds. The maximum atomic E-state index is 6.10. The van der Waals surface area contributed by atoms with Gasteiger partial charge in [0.25, 0.3) is 0 Å². The van der Waals surface area contributed by atoms with E-state index in [0.717, 1.165) is 23.3 Å². The fourth-order valence-corrected chi connectivity index (χ4v) is 4.57. The van der Waals surface area contributed by atoms with Crippen molar-refractivity contribution in [2.45, 2.75) is 6.92 Å². The van der Waals surface area contributed by atoms with Crippen LogP contribution in [0.1, 0.15) is 6.92 Å². The average Bonchev–Trinajstić information content (AvgIpc) is 2.36. The van der Waals surface area contributed by atoms with Crippen molar-refractivity contribution in [3.63, 3.8) is 0 Å². The van der Waals surface area contributed by atoms with E-state index < -0.39 is 0 Å². The summed E-state index contributed by atoms with van der Waals surface area (Å²) in [5.41, 5.74) is 6.95. The number of nitrogen functional groups attached to an aromatic ring is 1. The third kappa shape index (κ3) is 1.60. The highest BCUT2D eigenvalue weighted by Gasteiger charge is 2.26. The quantitative estimate of drug-likeness (QED) is 0.617. The van der Waals surface area contributed by atoms with Crippen LogP contribution >= 0.6 is 7.92 Å². The van der Waals surface area contributed by atoms with E-state index in [9.17, 15) is 0 Å². The fraction of sp³-hybridized carbons (Fsp3) is 0.143. The van der Waals surface area contributed by atoms with E-state index in [0.29, 0.717) is 0 Å². The van der Waals surface area contributed by atoms with Crippen molar-refractivity contribution in [1.82, 2.24) is 0 Å². The minimum atomic E-state index is -0.372. The van der Waals surface area contributed by atoms with Crippen LogP contribution in [0.15, 0.2) is 42.5 Å². The van der Waals surface area contributed by atoms with Crippen LogP contribution in [-0.2, 0) is 0 Å². The zero-order valence-electron chi connectivity index (χ0n) is 9.68. The Balaban J connectivity index is 2.23. The van der Waals surface area contributed by atoms with Crippen molar-refractivity contribution < 1.29 is 4.74 Å². The van der Waals surface area contributed by atoms with Gasteiger partial charge in [0.1, 0.15) is 11.5 Å². The highest BCUT2D eigenvalue weighted by atomic mass is 31.1. The van der Waals surface area contributed by atoms with Gasteiger partial charge in [0.2, 0.25) is 0 Å². The number of rotatable bonds is 1. The van der Waals surface area contributed by atoms with Crippen LogP contribution in [0.2, 0.25) is 0 Å². The summed E-state index contributed by atoms with van der Waals surface area (Å²) in [6.07, 6.45) is 1.09. The molecule has 3 heteroatoms. The van der Waals surface area contributed by atoms with Crippen LogP contribution in [0.5, 0.6) is 11.5 Å². The number of hydrogen-bond acceptors (Lipinski definition) is 2. The second-order valence-corrected chi connectivity index (χ2v) is 6.43. The molecule has 1 heterocycles. The molecule has 0 bridgehead atoms. The molecule has 2 nitrogen and oxygen atoms in total. The first-order valence-electron chi connectivity index (χ1n) is 5.74. The number of hydrogen-bond donors (Lipinski definition) is 1. The molecule has 0 radical (unpaired) electrons. The molecule has 17 heavy (non-hydrogen) atoms. The Morgan fingerprint density at radius 3 is 2.65 bits per heavy atom. The molecule has 0 spiro atoms. The zero-order chi connectivity index (χ0) is 11.8. The van der Waals surface area contributed by atoms with Crippen LogP contribution in [0.4, 0.5) is 5.69 Å². The van der Waals surface area contributed by atoms with E-state index in [1.807, 2.05) is 30.3 Å². The third-order valence-corrected chi connectivity index (χ3v) is 5.59. The topological polar surface area (TPSA) is 35.2 Å². The second-order valence-electron chi connectivity index (χ2n) is 4.01. The summed E-state index contributed by atoms with van der Waals surface area (Å²) in [7, 11) is -0.372. The molecule has 0 aliphatic carbocycles. The number of anilines is 1. The van der Waals surface area contributed by atoms with E-state index in [1.54, 1.807) is 0 Å². The van der Waals surface area contributed by atoms with E-state index in [1.165, 1.54) is 10.6 Å². The van der Waals surface area contributed by atoms with Gasteiger partial charge in [-0.2, -0.15) is 0 Å². The first-order chi connectivity index (χ1) is 8.31. The molecule has 2 aromatic carbocycles. The highest BCUT2D eigenvalue weighted by Crippen LogP contribution is 2.46. The molecular formula is C14H14NOP. The molecule has 0 saturated heterocycles. The maximum absolute atomic E-state index is 6.10. The lowest BCUT2D eigenvalue weighted by Crippen LogP contribution is -2.24. The summed E-state index contributed by atoms with van der Waals surface area (Å²) in [5, 5.41) is 2.50. The van der Waals surface area contributed by atoms with Gasteiger partial charge in [-0.25, -0.2) is 0 Å². The summed E-state index contributed by atoms with van der Waals surface area (Å²) in [5.74, 6) is 1.91. The van der Waals surface area contributed by atoms with E-state index in [2.05, 4.69) is 19.1 Å². The number of benzene rings is 2. The Kier molecular flexibility index (Phi) is 2.53. The number of ether oxygens (including phenoxy) is 1. The SMILES string of the molecule is CCP1c2ccccc2Oc2cccc(N)c21. The first kappa shape index (κ1) is 10.6. The average molecular weight is 243 g/mol. The molecular weight excluding hydrogens is 229 g/mol. The predicted octanol–water partition coefficient (Wildman–Crippen LogP) is 2.83. The summed E-state index contributed by atoms with van der Waals surface area (Å²) in [6, 6.07) is 14.2. The third-order valence-electron chi connectivity index (χ3n) is 2.99. The van der Waals surface area contributed by atoms with Crippen LogP contribution < -0.4 is 21.1 Å². The highest BCUT2D eigenvalue weighted by molar-refractivity contribution is 7.73. The van der Waals surface area contributed by atoms with Gasteiger partial charge in [-0.3, -0.25) is 0 Å². The van der Waals surface area contributed by atoms with E-state index in [-0.39, 0.29) is 7.92 Å². The van der Waals surface area contributed by atoms with Gasteiger partial charge in [0.05, 0.1) is 0 Å². The largest absolute Gasteiger partial charge is 0.456 e. The van der Waals surface area contributed by atoms with Crippen molar-refractivity contribution in [2.75, 3.05) is 11.9 Å². The molecule has 3 rings (SSSR count). The summed E-state index contributed by atoms with van der Waals surface area (Å²) in [6.45, 7) is 2.21. The van der Waals surface area contributed by atoms with Crippen molar-refractivity contribution in [1.29, 1.82) is 0 Å². The van der Waals surface area contributed by atoms with Crippen LogP contribution in [0, 0.1) is 0 Å². The van der Waals surface area contributed by atoms with Crippen molar-refractivity contribution in [3.05, 3.63) is 42.5 Å². The van der Waals surface area contributed by atoms with Crippen LogP contribution in [0.25, 0.3) is 0 Å². The smallest absolute Gasteiger partial charge is 0.137 e. The first-order valence-corrected chi connectivity index (χ1v) is 7.27. The van der Waals surface area contributed by atoms with Gasteiger partial charge in [0.15, 0.2) is 0 Å².